The molecule has 0 bridgehead atoms. The van der Waals surface area contributed by atoms with Gasteiger partial charge in [0.25, 0.3) is 0 Å². The highest BCUT2D eigenvalue weighted by molar-refractivity contribution is 9.10. The van der Waals surface area contributed by atoms with Crippen LogP contribution in [0.5, 0.6) is 0 Å². The summed E-state index contributed by atoms with van der Waals surface area (Å²) in [5, 5.41) is 18.8. The summed E-state index contributed by atoms with van der Waals surface area (Å²) >= 11 is 3.29. The summed E-state index contributed by atoms with van der Waals surface area (Å²) in [5.74, 6) is 1.39. The molecular formula is C9H12BrN3O2. The zero-order valence-corrected chi connectivity index (χ0v) is 9.85. The normalized spacial score (nSPS) is 26.0. The lowest BCUT2D eigenvalue weighted by atomic mass is 10.3. The summed E-state index contributed by atoms with van der Waals surface area (Å²) in [6.07, 6.45) is -1.39. The Bertz CT molecular complexity index is 344. The molecule has 2 unspecified atom stereocenters. The Morgan fingerprint density at radius 3 is 2.47 bits per heavy atom. The quantitative estimate of drug-likeness (QED) is 0.710. The lowest BCUT2D eigenvalue weighted by Gasteiger charge is -2.16. The number of aliphatic hydroxyl groups is 2. The summed E-state index contributed by atoms with van der Waals surface area (Å²) in [4.78, 5) is 10.2. The van der Waals surface area contributed by atoms with E-state index in [1.165, 1.54) is 0 Å². The van der Waals surface area contributed by atoms with Gasteiger partial charge in [-0.05, 0) is 22.9 Å². The van der Waals surface area contributed by atoms with Crippen molar-refractivity contribution < 1.29 is 10.2 Å². The molecule has 1 aromatic rings. The molecule has 5 nitrogen and oxygen atoms in total. The van der Waals surface area contributed by atoms with E-state index in [0.29, 0.717) is 23.5 Å². The van der Waals surface area contributed by atoms with E-state index >= 15 is 0 Å². The Kier molecular flexibility index (Phi) is 2.90. The molecule has 0 radical (unpaired) electrons. The van der Waals surface area contributed by atoms with Gasteiger partial charge in [0, 0.05) is 19.2 Å². The number of anilines is 1. The van der Waals surface area contributed by atoms with Crippen LogP contribution in [0.2, 0.25) is 0 Å². The van der Waals surface area contributed by atoms with Crippen LogP contribution in [-0.2, 0) is 0 Å². The molecule has 0 aromatic carbocycles. The van der Waals surface area contributed by atoms with Crippen LogP contribution in [0.25, 0.3) is 0 Å². The van der Waals surface area contributed by atoms with Gasteiger partial charge in [-0.3, -0.25) is 0 Å². The minimum Gasteiger partial charge on any atom is -0.389 e. The number of halogens is 1. The van der Waals surface area contributed by atoms with Crippen molar-refractivity contribution in [3.63, 3.8) is 0 Å². The van der Waals surface area contributed by atoms with Crippen LogP contribution in [0, 0.1) is 6.92 Å². The van der Waals surface area contributed by atoms with Crippen LogP contribution >= 0.6 is 15.9 Å². The van der Waals surface area contributed by atoms with E-state index in [1.54, 1.807) is 13.0 Å². The first-order valence-corrected chi connectivity index (χ1v) is 5.48. The zero-order chi connectivity index (χ0) is 11.0. The van der Waals surface area contributed by atoms with Crippen molar-refractivity contribution in [2.75, 3.05) is 18.0 Å². The minimum atomic E-state index is -0.695. The highest BCUT2D eigenvalue weighted by Crippen LogP contribution is 2.21. The molecule has 1 saturated heterocycles. The summed E-state index contributed by atoms with van der Waals surface area (Å²) < 4.78 is 0.709. The smallest absolute Gasteiger partial charge is 0.133 e. The third kappa shape index (κ3) is 2.27. The summed E-state index contributed by atoms with van der Waals surface area (Å²) in [6.45, 7) is 2.62. The number of hydrogen-bond donors (Lipinski definition) is 2. The van der Waals surface area contributed by atoms with Gasteiger partial charge in [-0.25, -0.2) is 9.97 Å². The number of rotatable bonds is 1. The van der Waals surface area contributed by atoms with E-state index in [0.717, 1.165) is 5.82 Å². The monoisotopic (exact) mass is 273 g/mol. The van der Waals surface area contributed by atoms with Gasteiger partial charge in [-0.15, -0.1) is 0 Å². The molecule has 0 saturated carbocycles. The molecule has 2 rings (SSSR count). The average Bonchev–Trinajstić information content (AvgIpc) is 2.45. The SMILES string of the molecule is Cc1nc(Br)cc(N2CC(O)C(O)C2)n1. The molecule has 1 fully saturated rings. The molecule has 2 heterocycles. The number of hydrogen-bond acceptors (Lipinski definition) is 5. The standard InChI is InChI=1S/C9H12BrN3O2/c1-5-11-8(10)2-9(12-5)13-3-6(14)7(15)4-13/h2,6-7,14-15H,3-4H2,1H3. The van der Waals surface area contributed by atoms with Crippen LogP contribution < -0.4 is 4.90 Å². The fourth-order valence-corrected chi connectivity index (χ4v) is 2.10. The van der Waals surface area contributed by atoms with Crippen LogP contribution in [0.15, 0.2) is 10.7 Å². The van der Waals surface area contributed by atoms with Gasteiger partial charge in [0.2, 0.25) is 0 Å². The first-order valence-electron chi connectivity index (χ1n) is 4.68. The van der Waals surface area contributed by atoms with Crippen LogP contribution in [0.1, 0.15) is 5.82 Å². The van der Waals surface area contributed by atoms with Crippen molar-refractivity contribution in [1.82, 2.24) is 9.97 Å². The van der Waals surface area contributed by atoms with Gasteiger partial charge in [0.05, 0.1) is 12.2 Å². The van der Waals surface area contributed by atoms with Gasteiger partial charge in [-0.1, -0.05) is 0 Å². The lowest BCUT2D eigenvalue weighted by Crippen LogP contribution is -2.22. The van der Waals surface area contributed by atoms with Crippen LogP contribution in [-0.4, -0.2) is 45.5 Å². The second kappa shape index (κ2) is 4.03. The second-order valence-electron chi connectivity index (χ2n) is 3.64. The Balaban J connectivity index is 2.23. The molecule has 1 aromatic heterocycles. The van der Waals surface area contributed by atoms with E-state index in [9.17, 15) is 10.2 Å². The van der Waals surface area contributed by atoms with E-state index in [1.807, 2.05) is 4.90 Å². The fraction of sp³-hybridized carbons (Fsp3) is 0.556. The maximum Gasteiger partial charge on any atom is 0.133 e. The Morgan fingerprint density at radius 1 is 1.33 bits per heavy atom. The van der Waals surface area contributed by atoms with E-state index < -0.39 is 12.2 Å². The van der Waals surface area contributed by atoms with Crippen LogP contribution in [0.3, 0.4) is 0 Å². The van der Waals surface area contributed by atoms with Crippen molar-refractivity contribution in [3.8, 4) is 0 Å². The zero-order valence-electron chi connectivity index (χ0n) is 8.26. The molecule has 6 heteroatoms. The van der Waals surface area contributed by atoms with E-state index in [4.69, 9.17) is 0 Å². The largest absolute Gasteiger partial charge is 0.389 e. The molecular weight excluding hydrogens is 262 g/mol. The number of aryl methyl sites for hydroxylation is 1. The maximum absolute atomic E-state index is 9.42. The highest BCUT2D eigenvalue weighted by Gasteiger charge is 2.30. The number of aromatic nitrogens is 2. The maximum atomic E-state index is 9.42. The van der Waals surface area contributed by atoms with Gasteiger partial charge in [0.1, 0.15) is 16.2 Å². The molecule has 1 aliphatic heterocycles. The fourth-order valence-electron chi connectivity index (χ4n) is 1.63. The van der Waals surface area contributed by atoms with Crippen molar-refractivity contribution >= 4 is 21.7 Å². The molecule has 0 amide bonds. The van der Waals surface area contributed by atoms with E-state index in [2.05, 4.69) is 25.9 Å². The van der Waals surface area contributed by atoms with Crippen molar-refractivity contribution in [1.29, 1.82) is 0 Å². The third-order valence-electron chi connectivity index (χ3n) is 2.38. The second-order valence-corrected chi connectivity index (χ2v) is 4.45. The Hall–Kier alpha value is -0.720. The van der Waals surface area contributed by atoms with Crippen LogP contribution in [0.4, 0.5) is 5.82 Å². The molecule has 2 N–H and O–H groups in total. The summed E-state index contributed by atoms with van der Waals surface area (Å²) in [5.41, 5.74) is 0. The Labute approximate surface area is 95.9 Å². The molecule has 82 valence electrons. The van der Waals surface area contributed by atoms with E-state index in [-0.39, 0.29) is 0 Å². The predicted molar refractivity (Wildman–Crippen MR) is 58.7 cm³/mol. The highest BCUT2D eigenvalue weighted by atomic mass is 79.9. The van der Waals surface area contributed by atoms with Gasteiger partial charge >= 0.3 is 0 Å². The molecule has 0 aliphatic carbocycles. The van der Waals surface area contributed by atoms with Gasteiger partial charge < -0.3 is 15.1 Å². The summed E-state index contributed by atoms with van der Waals surface area (Å²) in [6, 6.07) is 1.78. The molecule has 2 atom stereocenters. The molecule has 0 spiro atoms. The van der Waals surface area contributed by atoms with Gasteiger partial charge in [0.15, 0.2) is 0 Å². The molecule has 1 aliphatic rings. The van der Waals surface area contributed by atoms with Gasteiger partial charge in [-0.2, -0.15) is 0 Å². The summed E-state index contributed by atoms with van der Waals surface area (Å²) in [7, 11) is 0. The third-order valence-corrected chi connectivity index (χ3v) is 2.78. The van der Waals surface area contributed by atoms with Crippen molar-refractivity contribution in [2.45, 2.75) is 19.1 Å². The van der Waals surface area contributed by atoms with Crippen molar-refractivity contribution in [2.24, 2.45) is 0 Å². The first kappa shape index (κ1) is 10.8. The minimum absolute atomic E-state index is 0.407. The van der Waals surface area contributed by atoms with Crippen molar-refractivity contribution in [3.05, 3.63) is 16.5 Å². The lowest BCUT2D eigenvalue weighted by molar-refractivity contribution is 0.0572. The Morgan fingerprint density at radius 2 is 1.93 bits per heavy atom. The first-order chi connectivity index (χ1) is 7.06. The number of nitrogens with zero attached hydrogens (tertiary/aromatic N) is 3. The number of aliphatic hydroxyl groups excluding tert-OH is 2. The number of β-amino-alcohol motifs (C(OH)–C–C–N with tert-alkyl or cyclic N) is 2. The predicted octanol–water partition coefficient (Wildman–Crippen LogP) is 0.0893. The molecule has 15 heavy (non-hydrogen) atoms. The topological polar surface area (TPSA) is 69.5 Å². The average molecular weight is 274 g/mol.